The molecule has 1 fully saturated rings. The van der Waals surface area contributed by atoms with Gasteiger partial charge in [-0.05, 0) is 48.0 Å². The van der Waals surface area contributed by atoms with E-state index in [1.54, 1.807) is 12.1 Å². The number of hydrogen-bond acceptors (Lipinski definition) is 3. The highest BCUT2D eigenvalue weighted by molar-refractivity contribution is 9.10. The number of barbiturate groups is 1. The molecule has 100 valence electrons. The van der Waals surface area contributed by atoms with Gasteiger partial charge in [0.25, 0.3) is 0 Å². The Balaban J connectivity index is 2.55. The van der Waals surface area contributed by atoms with Crippen LogP contribution in [0, 0.1) is 5.41 Å². The van der Waals surface area contributed by atoms with Gasteiger partial charge in [-0.15, -0.1) is 0 Å². The topological polar surface area (TPSA) is 66.5 Å². The number of halogens is 2. The maximum Gasteiger partial charge on any atom is 0.335 e. The van der Waals surface area contributed by atoms with E-state index in [1.165, 1.54) is 19.9 Å². The van der Waals surface area contributed by atoms with E-state index in [9.17, 15) is 14.4 Å². The van der Waals surface area contributed by atoms with Crippen molar-refractivity contribution < 1.29 is 14.4 Å². The van der Waals surface area contributed by atoms with Gasteiger partial charge in [-0.3, -0.25) is 14.9 Å². The lowest BCUT2D eigenvalue weighted by atomic mass is 9.88. The molecule has 0 unspecified atom stereocenters. The lowest BCUT2D eigenvalue weighted by molar-refractivity contribution is -0.140. The van der Waals surface area contributed by atoms with Crippen molar-refractivity contribution in [1.82, 2.24) is 5.32 Å². The van der Waals surface area contributed by atoms with Gasteiger partial charge >= 0.3 is 6.03 Å². The molecule has 0 aliphatic carbocycles. The van der Waals surface area contributed by atoms with Crippen LogP contribution >= 0.6 is 27.5 Å². The number of nitrogens with zero attached hydrogens (tertiary/aromatic N) is 1. The molecular weight excluding hydrogens is 336 g/mol. The average Bonchev–Trinajstić information content (AvgIpc) is 2.32. The quantitative estimate of drug-likeness (QED) is 0.796. The van der Waals surface area contributed by atoms with E-state index in [4.69, 9.17) is 11.6 Å². The molecule has 1 aromatic carbocycles. The van der Waals surface area contributed by atoms with Crippen LogP contribution in [0.15, 0.2) is 22.7 Å². The number of carbonyl (C=O) groups excluding carboxylic acids is 3. The molecule has 0 radical (unpaired) electrons. The van der Waals surface area contributed by atoms with Gasteiger partial charge in [0.05, 0.1) is 5.69 Å². The van der Waals surface area contributed by atoms with E-state index in [-0.39, 0.29) is 0 Å². The fourth-order valence-electron chi connectivity index (χ4n) is 1.65. The van der Waals surface area contributed by atoms with Crippen molar-refractivity contribution >= 4 is 51.1 Å². The third-order valence-corrected chi connectivity index (χ3v) is 3.78. The standard InChI is InChI=1S/C12H10BrClN2O3/c1-12(2)9(17)15-11(19)16(10(12)18)8-5-6(14)3-4-7(8)13/h3-5H,1-2H3,(H,15,17,19). The van der Waals surface area contributed by atoms with Crippen molar-refractivity contribution in [3.8, 4) is 0 Å². The fourth-order valence-corrected chi connectivity index (χ4v) is 2.24. The number of anilines is 1. The SMILES string of the molecule is CC1(C)C(=O)NC(=O)N(c2cc(Cl)ccc2Br)C1=O. The van der Waals surface area contributed by atoms with Gasteiger partial charge in [0, 0.05) is 9.50 Å². The third kappa shape index (κ3) is 2.26. The Bertz CT molecular complexity index is 601. The summed E-state index contributed by atoms with van der Waals surface area (Å²) in [6.07, 6.45) is 0. The highest BCUT2D eigenvalue weighted by atomic mass is 79.9. The second-order valence-corrected chi connectivity index (χ2v) is 5.91. The molecule has 19 heavy (non-hydrogen) atoms. The Kier molecular flexibility index (Phi) is 3.40. The van der Waals surface area contributed by atoms with Crippen LogP contribution in [-0.4, -0.2) is 17.8 Å². The first-order valence-electron chi connectivity index (χ1n) is 5.40. The number of hydrogen-bond donors (Lipinski definition) is 1. The summed E-state index contributed by atoms with van der Waals surface area (Å²) in [7, 11) is 0. The Hall–Kier alpha value is -1.40. The summed E-state index contributed by atoms with van der Waals surface area (Å²) in [5.74, 6) is -1.21. The van der Waals surface area contributed by atoms with Gasteiger partial charge in [-0.1, -0.05) is 11.6 Å². The van der Waals surface area contributed by atoms with Gasteiger partial charge < -0.3 is 0 Å². The minimum atomic E-state index is -1.31. The molecule has 7 heteroatoms. The number of imide groups is 2. The molecule has 0 bridgehead atoms. The zero-order valence-corrected chi connectivity index (χ0v) is 12.5. The maximum atomic E-state index is 12.3. The molecule has 2 rings (SSSR count). The largest absolute Gasteiger partial charge is 0.335 e. The van der Waals surface area contributed by atoms with E-state index < -0.39 is 23.3 Å². The van der Waals surface area contributed by atoms with E-state index in [0.717, 1.165) is 4.90 Å². The second kappa shape index (κ2) is 4.61. The summed E-state index contributed by atoms with van der Waals surface area (Å²) < 4.78 is 0.533. The highest BCUT2D eigenvalue weighted by Crippen LogP contribution is 2.34. The number of nitrogens with one attached hydrogen (secondary N) is 1. The van der Waals surface area contributed by atoms with Crippen LogP contribution in [0.2, 0.25) is 5.02 Å². The molecule has 1 saturated heterocycles. The normalized spacial score (nSPS) is 18.5. The molecule has 0 saturated carbocycles. The van der Waals surface area contributed by atoms with Gasteiger partial charge in [0.15, 0.2) is 0 Å². The van der Waals surface area contributed by atoms with Crippen LogP contribution in [0.3, 0.4) is 0 Å². The Morgan fingerprint density at radius 2 is 1.89 bits per heavy atom. The first-order valence-corrected chi connectivity index (χ1v) is 6.57. The first-order chi connectivity index (χ1) is 8.75. The van der Waals surface area contributed by atoms with Gasteiger partial charge in [-0.25, -0.2) is 9.69 Å². The molecule has 5 nitrogen and oxygen atoms in total. The molecular formula is C12H10BrClN2O3. The van der Waals surface area contributed by atoms with Crippen molar-refractivity contribution in [2.75, 3.05) is 4.90 Å². The van der Waals surface area contributed by atoms with Crippen molar-refractivity contribution in [3.05, 3.63) is 27.7 Å². The number of urea groups is 1. The monoisotopic (exact) mass is 344 g/mol. The predicted octanol–water partition coefficient (Wildman–Crippen LogP) is 2.71. The molecule has 4 amide bonds. The van der Waals surface area contributed by atoms with Gasteiger partial charge in [-0.2, -0.15) is 0 Å². The lowest BCUT2D eigenvalue weighted by Crippen LogP contribution is -2.62. The molecule has 1 aromatic rings. The van der Waals surface area contributed by atoms with Crippen LogP contribution in [0.5, 0.6) is 0 Å². The third-order valence-electron chi connectivity index (χ3n) is 2.88. The van der Waals surface area contributed by atoms with Crippen LogP contribution in [-0.2, 0) is 9.59 Å². The van der Waals surface area contributed by atoms with E-state index in [2.05, 4.69) is 21.2 Å². The number of rotatable bonds is 1. The smallest absolute Gasteiger partial charge is 0.276 e. The summed E-state index contributed by atoms with van der Waals surface area (Å²) >= 11 is 9.13. The summed E-state index contributed by atoms with van der Waals surface area (Å²) in [5, 5.41) is 2.54. The Morgan fingerprint density at radius 3 is 2.53 bits per heavy atom. The molecule has 0 aromatic heterocycles. The fraction of sp³-hybridized carbons (Fsp3) is 0.250. The van der Waals surface area contributed by atoms with Gasteiger partial charge in [0.2, 0.25) is 11.8 Å². The molecule has 1 N–H and O–H groups in total. The van der Waals surface area contributed by atoms with Crippen molar-refractivity contribution in [2.24, 2.45) is 5.41 Å². The summed E-state index contributed by atoms with van der Waals surface area (Å²) in [6, 6.07) is 3.95. The summed E-state index contributed by atoms with van der Waals surface area (Å²) in [5.41, 5.74) is -1.01. The minimum absolute atomic E-state index is 0.301. The minimum Gasteiger partial charge on any atom is -0.276 e. The van der Waals surface area contributed by atoms with E-state index in [1.807, 2.05) is 0 Å². The number of amides is 4. The molecule has 1 aliphatic heterocycles. The Labute approximate surface area is 123 Å². The van der Waals surface area contributed by atoms with Crippen molar-refractivity contribution in [3.63, 3.8) is 0 Å². The van der Waals surface area contributed by atoms with Gasteiger partial charge in [0.1, 0.15) is 5.41 Å². The molecule has 0 atom stereocenters. The van der Waals surface area contributed by atoms with E-state index >= 15 is 0 Å². The van der Waals surface area contributed by atoms with Crippen LogP contribution < -0.4 is 10.2 Å². The zero-order valence-electron chi connectivity index (χ0n) is 10.2. The molecule has 1 heterocycles. The molecule has 1 aliphatic rings. The summed E-state index contributed by atoms with van der Waals surface area (Å²) in [6.45, 7) is 2.92. The summed E-state index contributed by atoms with van der Waals surface area (Å²) in [4.78, 5) is 36.8. The van der Waals surface area contributed by atoms with Crippen molar-refractivity contribution in [1.29, 1.82) is 0 Å². The second-order valence-electron chi connectivity index (χ2n) is 4.62. The van der Waals surface area contributed by atoms with Crippen LogP contribution in [0.4, 0.5) is 10.5 Å². The lowest BCUT2D eigenvalue weighted by Gasteiger charge is -2.34. The highest BCUT2D eigenvalue weighted by Gasteiger charge is 2.48. The molecule has 0 spiro atoms. The van der Waals surface area contributed by atoms with Crippen LogP contribution in [0.1, 0.15) is 13.8 Å². The number of carbonyl (C=O) groups is 3. The zero-order chi connectivity index (χ0) is 14.4. The van der Waals surface area contributed by atoms with E-state index in [0.29, 0.717) is 15.2 Å². The van der Waals surface area contributed by atoms with Crippen LogP contribution in [0.25, 0.3) is 0 Å². The first kappa shape index (κ1) is 14.0. The average molecular weight is 346 g/mol. The number of benzene rings is 1. The Morgan fingerprint density at radius 1 is 1.26 bits per heavy atom. The predicted molar refractivity (Wildman–Crippen MR) is 74.0 cm³/mol. The maximum absolute atomic E-state index is 12.3. The van der Waals surface area contributed by atoms with Crippen molar-refractivity contribution in [2.45, 2.75) is 13.8 Å².